The lowest BCUT2D eigenvalue weighted by Crippen LogP contribution is -2.45. The van der Waals surface area contributed by atoms with Crippen LogP contribution >= 0.6 is 0 Å². The van der Waals surface area contributed by atoms with Gasteiger partial charge in [0.15, 0.2) is 0 Å². The molecule has 0 saturated heterocycles. The number of hydrogen-bond acceptors (Lipinski definition) is 2. The zero-order chi connectivity index (χ0) is 12.1. The summed E-state index contributed by atoms with van der Waals surface area (Å²) in [6, 6.07) is 0.174. The molecule has 1 fully saturated rings. The standard InChI is InChI=1S/C12H21NO3/c1-3-9-6-4-5-7-10(9)13-11(14)8(2)12(15)16/h8-10H,3-7H2,1-2H3,(H,13,14)(H,15,16). The van der Waals surface area contributed by atoms with Crippen LogP contribution in [0.3, 0.4) is 0 Å². The Bertz CT molecular complexity index is 265. The molecule has 1 rings (SSSR count). The van der Waals surface area contributed by atoms with E-state index >= 15 is 0 Å². The number of amides is 1. The summed E-state index contributed by atoms with van der Waals surface area (Å²) in [7, 11) is 0. The minimum atomic E-state index is -1.05. The van der Waals surface area contributed by atoms with Gasteiger partial charge in [0, 0.05) is 6.04 Å². The van der Waals surface area contributed by atoms with Gasteiger partial charge in [-0.1, -0.05) is 26.2 Å². The maximum Gasteiger partial charge on any atom is 0.315 e. The molecule has 1 amide bonds. The first-order valence-electron chi connectivity index (χ1n) is 6.09. The average Bonchev–Trinajstić information content (AvgIpc) is 2.28. The Balaban J connectivity index is 2.51. The van der Waals surface area contributed by atoms with Gasteiger partial charge in [0.2, 0.25) is 5.91 Å². The molecule has 1 aliphatic carbocycles. The number of rotatable bonds is 4. The topological polar surface area (TPSA) is 66.4 Å². The van der Waals surface area contributed by atoms with Crippen molar-refractivity contribution >= 4 is 11.9 Å². The Kier molecular flexibility index (Phi) is 4.77. The Hall–Kier alpha value is -1.06. The molecule has 4 nitrogen and oxygen atoms in total. The van der Waals surface area contributed by atoms with Crippen LogP contribution < -0.4 is 5.32 Å². The summed E-state index contributed by atoms with van der Waals surface area (Å²) >= 11 is 0. The minimum absolute atomic E-state index is 0.174. The molecule has 0 aliphatic heterocycles. The van der Waals surface area contributed by atoms with Crippen molar-refractivity contribution in [1.82, 2.24) is 5.32 Å². The van der Waals surface area contributed by atoms with Gasteiger partial charge in [-0.25, -0.2) is 0 Å². The normalized spacial score (nSPS) is 27.1. The average molecular weight is 227 g/mol. The lowest BCUT2D eigenvalue weighted by molar-refractivity contribution is -0.146. The fourth-order valence-corrected chi connectivity index (χ4v) is 2.31. The van der Waals surface area contributed by atoms with E-state index in [2.05, 4.69) is 12.2 Å². The second kappa shape index (κ2) is 5.87. The zero-order valence-corrected chi connectivity index (χ0v) is 10.0. The Morgan fingerprint density at radius 1 is 1.38 bits per heavy atom. The number of carboxylic acid groups (broad SMARTS) is 1. The number of aliphatic carboxylic acids is 1. The number of carboxylic acids is 1. The molecule has 16 heavy (non-hydrogen) atoms. The summed E-state index contributed by atoms with van der Waals surface area (Å²) < 4.78 is 0. The molecular formula is C12H21NO3. The maximum atomic E-state index is 11.6. The largest absolute Gasteiger partial charge is 0.481 e. The van der Waals surface area contributed by atoms with Crippen molar-refractivity contribution in [2.24, 2.45) is 11.8 Å². The van der Waals surface area contributed by atoms with E-state index in [0.717, 1.165) is 25.7 Å². The van der Waals surface area contributed by atoms with Crippen LogP contribution in [-0.2, 0) is 9.59 Å². The van der Waals surface area contributed by atoms with E-state index in [1.165, 1.54) is 13.3 Å². The molecule has 0 heterocycles. The summed E-state index contributed by atoms with van der Waals surface area (Å²) in [5.41, 5.74) is 0. The van der Waals surface area contributed by atoms with Crippen molar-refractivity contribution in [3.63, 3.8) is 0 Å². The highest BCUT2D eigenvalue weighted by atomic mass is 16.4. The monoisotopic (exact) mass is 227 g/mol. The quantitative estimate of drug-likeness (QED) is 0.719. The van der Waals surface area contributed by atoms with E-state index < -0.39 is 11.9 Å². The third-order valence-corrected chi connectivity index (χ3v) is 3.52. The van der Waals surface area contributed by atoms with Crippen molar-refractivity contribution in [3.05, 3.63) is 0 Å². The fourth-order valence-electron chi connectivity index (χ4n) is 2.31. The molecule has 0 aromatic carbocycles. The predicted octanol–water partition coefficient (Wildman–Crippen LogP) is 1.79. The Labute approximate surface area is 96.4 Å². The van der Waals surface area contributed by atoms with Crippen LogP contribution in [0.1, 0.15) is 46.0 Å². The summed E-state index contributed by atoms with van der Waals surface area (Å²) in [5, 5.41) is 11.6. The molecule has 0 spiro atoms. The second-order valence-corrected chi connectivity index (χ2v) is 4.63. The van der Waals surface area contributed by atoms with Gasteiger partial charge >= 0.3 is 5.97 Å². The lowest BCUT2D eigenvalue weighted by atomic mass is 9.82. The van der Waals surface area contributed by atoms with Gasteiger partial charge in [0.05, 0.1) is 0 Å². The highest BCUT2D eigenvalue weighted by molar-refractivity contribution is 5.96. The van der Waals surface area contributed by atoms with Gasteiger partial charge in [-0.2, -0.15) is 0 Å². The molecule has 0 bridgehead atoms. The highest BCUT2D eigenvalue weighted by Gasteiger charge is 2.28. The van der Waals surface area contributed by atoms with Crippen molar-refractivity contribution in [1.29, 1.82) is 0 Å². The maximum absolute atomic E-state index is 11.6. The van der Waals surface area contributed by atoms with Crippen LogP contribution in [0.5, 0.6) is 0 Å². The molecule has 3 unspecified atom stereocenters. The molecule has 2 N–H and O–H groups in total. The summed E-state index contributed by atoms with van der Waals surface area (Å²) in [6.07, 6.45) is 5.52. The SMILES string of the molecule is CCC1CCCCC1NC(=O)C(C)C(=O)O. The van der Waals surface area contributed by atoms with Gasteiger partial charge in [-0.3, -0.25) is 9.59 Å². The van der Waals surface area contributed by atoms with Crippen molar-refractivity contribution in [3.8, 4) is 0 Å². The summed E-state index contributed by atoms with van der Waals surface area (Å²) in [6.45, 7) is 3.55. The van der Waals surface area contributed by atoms with Crippen LogP contribution in [0.15, 0.2) is 0 Å². The third kappa shape index (κ3) is 3.22. The fraction of sp³-hybridized carbons (Fsp3) is 0.833. The van der Waals surface area contributed by atoms with Crippen LogP contribution in [0, 0.1) is 11.8 Å². The van der Waals surface area contributed by atoms with Crippen molar-refractivity contribution in [2.45, 2.75) is 52.0 Å². The van der Waals surface area contributed by atoms with Gasteiger partial charge in [0.1, 0.15) is 5.92 Å². The van der Waals surface area contributed by atoms with Crippen LogP contribution in [0.2, 0.25) is 0 Å². The van der Waals surface area contributed by atoms with E-state index in [0.29, 0.717) is 5.92 Å². The number of carbonyl (C=O) groups is 2. The number of hydrogen-bond donors (Lipinski definition) is 2. The molecule has 0 aromatic heterocycles. The molecule has 0 aromatic rings. The van der Waals surface area contributed by atoms with Gasteiger partial charge in [-0.05, 0) is 25.7 Å². The Morgan fingerprint density at radius 2 is 2.00 bits per heavy atom. The van der Waals surface area contributed by atoms with E-state index in [1.54, 1.807) is 0 Å². The van der Waals surface area contributed by atoms with E-state index in [9.17, 15) is 9.59 Å². The molecule has 1 aliphatic rings. The van der Waals surface area contributed by atoms with Crippen LogP contribution in [0.25, 0.3) is 0 Å². The van der Waals surface area contributed by atoms with Gasteiger partial charge < -0.3 is 10.4 Å². The summed E-state index contributed by atoms with van der Waals surface area (Å²) in [5.74, 6) is -1.84. The molecule has 1 saturated carbocycles. The lowest BCUT2D eigenvalue weighted by Gasteiger charge is -2.31. The van der Waals surface area contributed by atoms with Crippen molar-refractivity contribution < 1.29 is 14.7 Å². The molecule has 92 valence electrons. The van der Waals surface area contributed by atoms with Crippen LogP contribution in [0.4, 0.5) is 0 Å². The van der Waals surface area contributed by atoms with Crippen molar-refractivity contribution in [2.75, 3.05) is 0 Å². The first-order chi connectivity index (χ1) is 7.56. The third-order valence-electron chi connectivity index (χ3n) is 3.52. The molecule has 4 heteroatoms. The first kappa shape index (κ1) is 13.0. The smallest absolute Gasteiger partial charge is 0.315 e. The van der Waals surface area contributed by atoms with E-state index in [1.807, 2.05) is 0 Å². The Morgan fingerprint density at radius 3 is 2.56 bits per heavy atom. The highest BCUT2D eigenvalue weighted by Crippen LogP contribution is 2.26. The number of nitrogens with one attached hydrogen (secondary N) is 1. The van der Waals surface area contributed by atoms with Gasteiger partial charge in [0.25, 0.3) is 0 Å². The second-order valence-electron chi connectivity index (χ2n) is 4.63. The zero-order valence-electron chi connectivity index (χ0n) is 10.0. The minimum Gasteiger partial charge on any atom is -0.481 e. The molecule has 3 atom stereocenters. The van der Waals surface area contributed by atoms with E-state index in [4.69, 9.17) is 5.11 Å². The molecule has 0 radical (unpaired) electrons. The molecular weight excluding hydrogens is 206 g/mol. The first-order valence-corrected chi connectivity index (χ1v) is 6.09. The summed E-state index contributed by atoms with van der Waals surface area (Å²) in [4.78, 5) is 22.3. The van der Waals surface area contributed by atoms with Crippen LogP contribution in [-0.4, -0.2) is 23.0 Å². The van der Waals surface area contributed by atoms with E-state index in [-0.39, 0.29) is 11.9 Å². The predicted molar refractivity (Wildman–Crippen MR) is 61.0 cm³/mol. The van der Waals surface area contributed by atoms with Gasteiger partial charge in [-0.15, -0.1) is 0 Å². The number of carbonyl (C=O) groups excluding carboxylic acids is 1.